The third-order valence-electron chi connectivity index (χ3n) is 16.5. The third kappa shape index (κ3) is 15.9. The van der Waals surface area contributed by atoms with E-state index in [-0.39, 0.29) is 91.6 Å². The van der Waals surface area contributed by atoms with Gasteiger partial charge in [0.15, 0.2) is 24.6 Å². The van der Waals surface area contributed by atoms with Crippen molar-refractivity contribution in [2.45, 2.75) is 120 Å². The highest BCUT2D eigenvalue weighted by molar-refractivity contribution is 6.31. The molecule has 87 heavy (non-hydrogen) atoms. The fourth-order valence-corrected chi connectivity index (χ4v) is 12.0. The molecule has 8 rings (SSSR count). The van der Waals surface area contributed by atoms with Gasteiger partial charge in [-0.25, -0.2) is 0 Å². The summed E-state index contributed by atoms with van der Waals surface area (Å²) >= 11 is 0. The molecular weight excluding hydrogens is 1140 g/mol. The summed E-state index contributed by atoms with van der Waals surface area (Å²) in [5.41, 5.74) is 1.33. The van der Waals surface area contributed by atoms with Gasteiger partial charge in [-0.15, -0.1) is 0 Å². The monoisotopic (exact) mass is 1230 g/mol. The van der Waals surface area contributed by atoms with Crippen LogP contribution in [0.25, 0.3) is 0 Å². The molecule has 29 nitrogen and oxygen atoms in total. The fourth-order valence-electron chi connectivity index (χ4n) is 12.0. The van der Waals surface area contributed by atoms with E-state index in [0.29, 0.717) is 46.2 Å². The SMILES string of the molecule is CNC(=O)C1CCN(CCOCCOCCOCCOCCC(=O)NC(CC(N)=O)C(=O)N[C@@H](C)C(=O)NCCNC(=O)[C@]2(O)Cc3c(O)c4c(c(O)c3[C@@H](O[C@H]3C[C@H]5[C@H](O[C@@H]6[C@@H](OC)OCCN65)[C@H](C)O3)C2)C(=O)c2c(OC)cccc2C4=O)CC1. The number of likely N-dealkylation sites (tertiary alicyclic amines) is 1. The van der Waals surface area contributed by atoms with E-state index in [1.807, 2.05) is 0 Å². The molecule has 1 unspecified atom stereocenters. The lowest BCUT2D eigenvalue weighted by Gasteiger charge is -2.43. The molecule has 10 atom stereocenters. The van der Waals surface area contributed by atoms with Crippen LogP contribution in [0.2, 0.25) is 0 Å². The Kier molecular flexibility index (Phi) is 23.4. The van der Waals surface area contributed by atoms with Crippen molar-refractivity contribution < 1.29 is 101 Å². The zero-order valence-electron chi connectivity index (χ0n) is 49.7. The van der Waals surface area contributed by atoms with Crippen LogP contribution < -0.4 is 37.1 Å². The lowest BCUT2D eigenvalue weighted by atomic mass is 9.72. The van der Waals surface area contributed by atoms with Gasteiger partial charge < -0.3 is 99.9 Å². The minimum atomic E-state index is -2.41. The molecule has 29 heteroatoms. The number of nitrogens with zero attached hydrogens (tertiary/aromatic N) is 2. The van der Waals surface area contributed by atoms with Crippen LogP contribution in [-0.4, -0.2) is 247 Å². The summed E-state index contributed by atoms with van der Waals surface area (Å²) in [5, 5.41) is 49.3. The molecule has 10 N–H and O–H groups in total. The van der Waals surface area contributed by atoms with Crippen LogP contribution in [0.5, 0.6) is 17.2 Å². The zero-order chi connectivity index (χ0) is 62.5. The number of aromatic hydroxyl groups is 2. The van der Waals surface area contributed by atoms with Crippen molar-refractivity contribution in [3.63, 3.8) is 0 Å². The van der Waals surface area contributed by atoms with Crippen LogP contribution in [0.1, 0.15) is 101 Å². The van der Waals surface area contributed by atoms with Crippen LogP contribution in [0.3, 0.4) is 0 Å². The first-order chi connectivity index (χ1) is 41.8. The van der Waals surface area contributed by atoms with E-state index in [0.717, 1.165) is 32.5 Å². The summed E-state index contributed by atoms with van der Waals surface area (Å²) in [5.74, 6) is -6.97. The number of nitrogens with two attached hydrogens (primary N) is 1. The number of piperidine rings is 1. The Bertz CT molecular complexity index is 2820. The molecule has 4 saturated heterocycles. The number of phenolic OH excluding ortho intramolecular Hbond substituents is 2. The first kappa shape index (κ1) is 66.5. The van der Waals surface area contributed by atoms with Gasteiger partial charge in [-0.05, 0) is 45.8 Å². The summed E-state index contributed by atoms with van der Waals surface area (Å²) in [6.07, 6.45) is -4.80. The highest BCUT2D eigenvalue weighted by Gasteiger charge is 2.55. The van der Waals surface area contributed by atoms with Crippen LogP contribution in [0.15, 0.2) is 18.2 Å². The predicted molar refractivity (Wildman–Crippen MR) is 302 cm³/mol. The fraction of sp³-hybridized carbons (Fsp3) is 0.655. The average molecular weight is 1230 g/mol. The second kappa shape index (κ2) is 30.6. The summed E-state index contributed by atoms with van der Waals surface area (Å²) < 4.78 is 58.2. The Balaban J connectivity index is 0.788. The second-order valence-corrected chi connectivity index (χ2v) is 22.2. The number of aliphatic hydroxyl groups is 1. The van der Waals surface area contributed by atoms with Gasteiger partial charge in [0.2, 0.25) is 35.3 Å². The highest BCUT2D eigenvalue weighted by Crippen LogP contribution is 2.53. The molecule has 2 aromatic carbocycles. The van der Waals surface area contributed by atoms with Crippen LogP contribution in [-0.2, 0) is 77.8 Å². The molecule has 2 aliphatic carbocycles. The van der Waals surface area contributed by atoms with E-state index in [9.17, 15) is 53.7 Å². The van der Waals surface area contributed by atoms with E-state index in [2.05, 4.69) is 36.4 Å². The minimum Gasteiger partial charge on any atom is -0.507 e. The molecule has 4 fully saturated rings. The molecule has 0 saturated carbocycles. The number of phenols is 2. The largest absolute Gasteiger partial charge is 0.507 e. The number of amides is 6. The van der Waals surface area contributed by atoms with Crippen molar-refractivity contribution in [1.29, 1.82) is 0 Å². The van der Waals surface area contributed by atoms with Crippen molar-refractivity contribution in [2.75, 3.05) is 120 Å². The summed E-state index contributed by atoms with van der Waals surface area (Å²) in [7, 11) is 4.49. The molecule has 4 aliphatic heterocycles. The number of hydrogen-bond acceptors (Lipinski definition) is 23. The maximum Gasteiger partial charge on any atom is 0.252 e. The minimum absolute atomic E-state index is 0.0325. The molecule has 4 heterocycles. The van der Waals surface area contributed by atoms with Gasteiger partial charge in [0, 0.05) is 94.7 Å². The van der Waals surface area contributed by atoms with Gasteiger partial charge in [0.1, 0.15) is 41.0 Å². The molecule has 6 aliphatic rings. The second-order valence-electron chi connectivity index (χ2n) is 22.2. The Hall–Kier alpha value is -6.48. The van der Waals surface area contributed by atoms with Crippen LogP contribution in [0, 0.1) is 5.92 Å². The van der Waals surface area contributed by atoms with Crippen LogP contribution >= 0.6 is 0 Å². The van der Waals surface area contributed by atoms with E-state index in [4.69, 9.17) is 53.1 Å². The van der Waals surface area contributed by atoms with Gasteiger partial charge in [0.25, 0.3) is 5.91 Å². The lowest BCUT2D eigenvalue weighted by Crippen LogP contribution is -2.56. The van der Waals surface area contributed by atoms with E-state index in [1.54, 1.807) is 14.0 Å². The zero-order valence-corrected chi connectivity index (χ0v) is 49.7. The molecule has 480 valence electrons. The average Bonchev–Trinajstić information content (AvgIpc) is 1.19. The maximum atomic E-state index is 14.3. The molecule has 0 spiro atoms. The number of carbonyl (C=O) groups excluding carboxylic acids is 8. The molecule has 0 bridgehead atoms. The maximum absolute atomic E-state index is 14.3. The van der Waals surface area contributed by atoms with E-state index in [1.165, 1.54) is 39.3 Å². The highest BCUT2D eigenvalue weighted by atomic mass is 16.7. The molecule has 0 radical (unpaired) electrons. The number of morpholine rings is 1. The van der Waals surface area contributed by atoms with Crippen molar-refractivity contribution in [3.8, 4) is 17.2 Å². The number of hydrogen-bond donors (Lipinski definition) is 9. The quantitative estimate of drug-likeness (QED) is 0.0262. The number of primary amides is 1. The van der Waals surface area contributed by atoms with Gasteiger partial charge in [-0.1, -0.05) is 12.1 Å². The van der Waals surface area contributed by atoms with Gasteiger partial charge in [0.05, 0.1) is 102 Å². The Morgan fingerprint density at radius 3 is 2.16 bits per heavy atom. The molecular formula is C58H82N8O21. The van der Waals surface area contributed by atoms with E-state index >= 15 is 0 Å². The standard InChI is InChI=1S/C58H82N8O21/c1-31(63-54(75)36(27-40(59)67)64-41(68)11-18-80-21-23-82-25-26-83-24-22-81-19-16-65-14-9-33(10-15-65)53(74)60-3)52(73)61-12-13-62-57(76)58(77)29-35-44(50(72)46-45(48(35)70)47(69)34-7-6-8-38(78-4)43(34)49(46)71)39(30-58)86-42-28-37-51(32(2)85-42)87-55-56(79-5)84-20-17-66(37)55/h6-8,31-33,36-37,39,42,51,55-56,70,72,77H,9-30H2,1-5H3,(H2,59,67)(H,60,74)(H,61,73)(H,62,76)(H,63,75)(H,64,68)/t31-,32-,36?,37-,39-,42-,51+,55+,56-,58-/m0/s1. The third-order valence-corrected chi connectivity index (χ3v) is 16.5. The normalized spacial score (nSPS) is 25.1. The predicted octanol–water partition coefficient (Wildman–Crippen LogP) is -1.84. The Morgan fingerprint density at radius 2 is 1.49 bits per heavy atom. The number of nitrogens with one attached hydrogen (secondary N) is 5. The van der Waals surface area contributed by atoms with Gasteiger partial charge in [-0.2, -0.15) is 0 Å². The van der Waals surface area contributed by atoms with Crippen molar-refractivity contribution in [3.05, 3.63) is 51.6 Å². The summed E-state index contributed by atoms with van der Waals surface area (Å²) in [6, 6.07) is 1.41. The smallest absolute Gasteiger partial charge is 0.252 e. The summed E-state index contributed by atoms with van der Waals surface area (Å²) in [4.78, 5) is 110. The number of benzene rings is 2. The lowest BCUT2D eigenvalue weighted by molar-refractivity contribution is -0.256. The van der Waals surface area contributed by atoms with Crippen molar-refractivity contribution >= 4 is 47.0 Å². The Morgan fingerprint density at radius 1 is 0.828 bits per heavy atom. The number of rotatable bonds is 30. The molecule has 6 amide bonds. The first-order valence-corrected chi connectivity index (χ1v) is 29.4. The summed E-state index contributed by atoms with van der Waals surface area (Å²) in [6.45, 7) is 8.45. The van der Waals surface area contributed by atoms with E-state index < -0.39 is 138 Å². The number of fused-ring (bicyclic) bond motifs is 6. The number of carbonyl (C=O) groups is 8. The molecule has 0 aromatic heterocycles. The van der Waals surface area contributed by atoms with Gasteiger partial charge in [-0.3, -0.25) is 43.3 Å². The van der Waals surface area contributed by atoms with Crippen molar-refractivity contribution in [2.24, 2.45) is 11.7 Å². The first-order valence-electron chi connectivity index (χ1n) is 29.4. The number of ketones is 2. The van der Waals surface area contributed by atoms with Gasteiger partial charge >= 0.3 is 0 Å². The Labute approximate surface area is 503 Å². The number of ether oxygens (including phenoxy) is 10. The van der Waals surface area contributed by atoms with Crippen LogP contribution in [0.4, 0.5) is 0 Å². The molecule has 2 aromatic rings. The number of methoxy groups -OCH3 is 2. The topological polar surface area (TPSA) is 382 Å². The van der Waals surface area contributed by atoms with Crippen molar-refractivity contribution in [1.82, 2.24) is 36.4 Å².